The Labute approximate surface area is 465 Å². The Balaban J connectivity index is -0.0000000872. The first-order valence-corrected chi connectivity index (χ1v) is 28.1. The van der Waals surface area contributed by atoms with Gasteiger partial charge in [0.2, 0.25) is 0 Å². The molecule has 0 amide bonds. The predicted molar refractivity (Wildman–Crippen MR) is 341 cm³/mol. The summed E-state index contributed by atoms with van der Waals surface area (Å²) < 4.78 is 5.33. The second-order valence-electron chi connectivity index (χ2n) is 28.1. The van der Waals surface area contributed by atoms with E-state index < -0.39 is 0 Å². The van der Waals surface area contributed by atoms with Crippen LogP contribution in [0.3, 0.4) is 0 Å². The van der Waals surface area contributed by atoms with E-state index in [9.17, 15) is 5.21 Å². The van der Waals surface area contributed by atoms with Crippen molar-refractivity contribution < 1.29 is 9.15 Å². The summed E-state index contributed by atoms with van der Waals surface area (Å²) in [6.45, 7) is 74.2. The summed E-state index contributed by atoms with van der Waals surface area (Å²) >= 11 is 1.71. The Morgan fingerprint density at radius 3 is 0.712 bits per heavy atom. The van der Waals surface area contributed by atoms with E-state index in [4.69, 9.17) is 0 Å². The molecule has 0 saturated carbocycles. The predicted octanol–water partition coefficient (Wildman–Crippen LogP) is 23.9. The highest BCUT2D eigenvalue weighted by atomic mass is 32.1. The first-order chi connectivity index (χ1) is 32.7. The van der Waals surface area contributed by atoms with Crippen LogP contribution < -0.4 is 4.73 Å². The number of furan rings is 1. The molecule has 0 bridgehead atoms. The van der Waals surface area contributed by atoms with Gasteiger partial charge in [-0.05, 0) is 97.3 Å². The lowest BCUT2D eigenvalue weighted by molar-refractivity contribution is -0.605. The number of rotatable bonds is 0. The van der Waals surface area contributed by atoms with Gasteiger partial charge in [0.15, 0.2) is 12.4 Å². The zero-order valence-electron chi connectivity index (χ0n) is 55.3. The normalized spacial score (nSPS) is 9.90. The molecule has 430 valence electrons. The lowest BCUT2D eigenvalue weighted by atomic mass is 9.87. The van der Waals surface area contributed by atoms with E-state index in [0.717, 1.165) is 34.3 Å². The van der Waals surface area contributed by atoms with Crippen LogP contribution in [-0.2, 0) is 5.41 Å². The zero-order valence-corrected chi connectivity index (χ0v) is 56.1. The van der Waals surface area contributed by atoms with Gasteiger partial charge < -0.3 is 9.62 Å². The minimum absolute atomic E-state index is 0.293. The second-order valence-corrected chi connectivity index (χ2v) is 28.9. The lowest BCUT2D eigenvalue weighted by Gasteiger charge is -2.18. The van der Waals surface area contributed by atoms with Crippen molar-refractivity contribution in [1.29, 1.82) is 0 Å². The summed E-state index contributed by atoms with van der Waals surface area (Å²) in [6.07, 6.45) is 9.64. The average molecular weight is 1040 g/mol. The quantitative estimate of drug-likeness (QED) is 0.115. The summed E-state index contributed by atoms with van der Waals surface area (Å²) in [5.41, 5.74) is 3.69. The Kier molecular flexibility index (Phi) is 70.1. The van der Waals surface area contributed by atoms with Gasteiger partial charge >= 0.3 is 0 Å². The molecule has 0 atom stereocenters. The zero-order chi connectivity index (χ0) is 59.9. The maximum atomic E-state index is 10.2. The molecule has 0 radical (unpaired) electrons. The first-order valence-electron chi connectivity index (χ1n) is 27.1. The SMILES string of the molecule is CC(C)(C)C.CC(C)(C)C.CC(C)(C)C.CC(C)(C)C.CC(C)(C)c1ccccc1.CC(C)C.CC(C)C.CC(C)C.CC(C)C.CC(C)C.[O-][n+]1ccccc1.c1ccncc1.c1ccoc1.c1ccsc1. The van der Waals surface area contributed by atoms with Crippen molar-refractivity contribution >= 4 is 11.3 Å². The molecule has 5 rings (SSSR count). The van der Waals surface area contributed by atoms with Crippen LogP contribution in [0.15, 0.2) is 143 Å². The molecule has 5 aromatic rings. The van der Waals surface area contributed by atoms with Gasteiger partial charge in [0.05, 0.1) is 12.5 Å². The molecule has 0 fully saturated rings. The van der Waals surface area contributed by atoms with Crippen LogP contribution in [0.2, 0.25) is 0 Å². The first kappa shape index (κ1) is 88.9. The smallest absolute Gasteiger partial charge is 0.180 e. The van der Waals surface area contributed by atoms with Crippen LogP contribution in [0.4, 0.5) is 0 Å². The van der Waals surface area contributed by atoms with Gasteiger partial charge in [0.1, 0.15) is 0 Å². The number of benzene rings is 1. The molecule has 1 aromatic carbocycles. The topological polar surface area (TPSA) is 53.0 Å². The molecule has 4 heterocycles. The van der Waals surface area contributed by atoms with E-state index in [2.05, 4.69) is 275 Å². The highest BCUT2D eigenvalue weighted by molar-refractivity contribution is 7.07. The van der Waals surface area contributed by atoms with Crippen molar-refractivity contribution in [2.75, 3.05) is 0 Å². The fraction of sp³-hybridized carbons (Fsp3) is 0.647. The number of pyridine rings is 2. The van der Waals surface area contributed by atoms with E-state index >= 15 is 0 Å². The molecular formula is C68H130N2O2S. The highest BCUT2D eigenvalue weighted by Gasteiger charge is 2.11. The van der Waals surface area contributed by atoms with Crippen LogP contribution in [0.1, 0.15) is 241 Å². The molecule has 5 heteroatoms. The minimum Gasteiger partial charge on any atom is -0.619 e. The molecule has 4 aromatic heterocycles. The van der Waals surface area contributed by atoms with E-state index in [1.807, 2.05) is 53.2 Å². The molecule has 0 saturated heterocycles. The number of hydrogen-bond donors (Lipinski definition) is 0. The molecular weight excluding hydrogens is 909 g/mol. The Hall–Kier alpha value is -3.70. The van der Waals surface area contributed by atoms with Crippen LogP contribution in [0.25, 0.3) is 0 Å². The number of thiophene rings is 1. The van der Waals surface area contributed by atoms with Gasteiger partial charge in [-0.3, -0.25) is 4.98 Å². The summed E-state index contributed by atoms with van der Waals surface area (Å²) in [5.74, 6) is 4.17. The Morgan fingerprint density at radius 1 is 0.370 bits per heavy atom. The van der Waals surface area contributed by atoms with Crippen LogP contribution in [-0.4, -0.2) is 4.98 Å². The molecule has 4 nitrogen and oxygen atoms in total. The minimum atomic E-state index is 0.293. The van der Waals surface area contributed by atoms with Gasteiger partial charge in [0.25, 0.3) is 0 Å². The lowest BCUT2D eigenvalue weighted by Crippen LogP contribution is -2.22. The summed E-state index contributed by atoms with van der Waals surface area (Å²) in [5, 5.41) is 14.3. The summed E-state index contributed by atoms with van der Waals surface area (Å²) in [4.78, 5) is 3.78. The number of hydrogen-bond acceptors (Lipinski definition) is 4. The molecule has 0 aliphatic rings. The highest BCUT2D eigenvalue weighted by Crippen LogP contribution is 2.20. The third-order valence-corrected chi connectivity index (χ3v) is 4.37. The van der Waals surface area contributed by atoms with Crippen molar-refractivity contribution in [1.82, 2.24) is 4.98 Å². The molecule has 0 unspecified atom stereocenters. The third kappa shape index (κ3) is 255. The summed E-state index contributed by atoms with van der Waals surface area (Å²) in [7, 11) is 0. The van der Waals surface area contributed by atoms with Crippen molar-refractivity contribution in [3.8, 4) is 0 Å². The molecule has 0 N–H and O–H groups in total. The van der Waals surface area contributed by atoms with E-state index in [-0.39, 0.29) is 0 Å². The average Bonchev–Trinajstić information content (AvgIpc) is 3.94. The van der Waals surface area contributed by atoms with Crippen LogP contribution in [0, 0.1) is 56.5 Å². The standard InChI is InChI=1S/C10H14.C5H5NO.C5H5N.4C5H12.C4H4O.C4H4S.5C4H10/c1-10(2,3)9-7-5-4-6-8-9;7-6-4-2-1-3-5-6;1-2-4-6-5-3-1;4*1-5(2,3)4;2*1-2-4-5-3-1;5*1-4(2)3/h4-8H,1-3H3;1-5H;1-5H;4*1-4H3;2*1-4H;5*4H,1-3H3. The van der Waals surface area contributed by atoms with E-state index in [1.54, 1.807) is 54.5 Å². The van der Waals surface area contributed by atoms with Crippen LogP contribution >= 0.6 is 11.3 Å². The van der Waals surface area contributed by atoms with E-state index in [0.29, 0.717) is 27.1 Å². The molecule has 0 spiro atoms. The molecule has 0 aliphatic carbocycles. The van der Waals surface area contributed by atoms with Crippen molar-refractivity contribution in [2.45, 2.75) is 241 Å². The van der Waals surface area contributed by atoms with Gasteiger partial charge in [-0.1, -0.05) is 290 Å². The van der Waals surface area contributed by atoms with Gasteiger partial charge in [-0.25, -0.2) is 0 Å². The molecule has 73 heavy (non-hydrogen) atoms. The van der Waals surface area contributed by atoms with Crippen molar-refractivity contribution in [3.63, 3.8) is 0 Å². The maximum Gasteiger partial charge on any atom is 0.180 e. The number of aromatic nitrogens is 2. The van der Waals surface area contributed by atoms with Gasteiger partial charge in [-0.2, -0.15) is 16.1 Å². The fourth-order valence-electron chi connectivity index (χ4n) is 2.09. The monoisotopic (exact) mass is 1040 g/mol. The Bertz CT molecular complexity index is 1370. The van der Waals surface area contributed by atoms with Gasteiger partial charge in [0, 0.05) is 24.5 Å². The second kappa shape index (κ2) is 57.6. The largest absolute Gasteiger partial charge is 0.619 e. The van der Waals surface area contributed by atoms with Crippen molar-refractivity contribution in [3.05, 3.63) is 150 Å². The molecule has 0 aliphatic heterocycles. The third-order valence-electron chi connectivity index (χ3n) is 3.75. The number of nitrogens with zero attached hydrogens (tertiary/aromatic N) is 2. The van der Waals surface area contributed by atoms with Crippen LogP contribution in [0.5, 0.6) is 0 Å². The Morgan fingerprint density at radius 2 is 0.603 bits per heavy atom. The van der Waals surface area contributed by atoms with Crippen molar-refractivity contribution in [2.24, 2.45) is 51.2 Å². The summed E-state index contributed by atoms with van der Waals surface area (Å²) in [6, 6.07) is 29.1. The van der Waals surface area contributed by atoms with E-state index in [1.165, 1.54) is 18.0 Å². The maximum absolute atomic E-state index is 10.2. The van der Waals surface area contributed by atoms with Gasteiger partial charge in [-0.15, -0.1) is 0 Å². The fourth-order valence-corrected chi connectivity index (χ4v) is 2.54.